The molecule has 0 bridgehead atoms. The Labute approximate surface area is 362 Å². The van der Waals surface area contributed by atoms with Gasteiger partial charge in [0.05, 0.1) is 41.2 Å². The SMILES string of the molecule is COc1cc(C=CC(=O)OC[C@H]2O[C@@H](Oc3ccc(C[C@H]4CO[C@H](c5ccc(O)c(OC)c5)[C@H]4CO)cc3OC)[C@H](O)[C@@H](O)[C@@H]2OC(=O)C=Cc2ccc(O)c(OC)c2)ccc1O. The lowest BCUT2D eigenvalue weighted by atomic mass is 9.84. The average Bonchev–Trinajstić information content (AvgIpc) is 3.70. The van der Waals surface area contributed by atoms with Gasteiger partial charge in [0.2, 0.25) is 6.29 Å². The second-order valence-electron chi connectivity index (χ2n) is 14.7. The molecule has 0 saturated carbocycles. The summed E-state index contributed by atoms with van der Waals surface area (Å²) in [7, 11) is 5.63. The van der Waals surface area contributed by atoms with Gasteiger partial charge in [-0.2, -0.15) is 0 Å². The van der Waals surface area contributed by atoms with Crippen molar-refractivity contribution in [2.24, 2.45) is 11.8 Å². The first kappa shape index (κ1) is 46.0. The number of hydrogen-bond acceptors (Lipinski definition) is 17. The first-order chi connectivity index (χ1) is 30.3. The smallest absolute Gasteiger partial charge is 0.331 e. The zero-order valence-corrected chi connectivity index (χ0v) is 34.9. The van der Waals surface area contributed by atoms with Gasteiger partial charge in [-0.15, -0.1) is 0 Å². The van der Waals surface area contributed by atoms with E-state index in [2.05, 4.69) is 0 Å². The van der Waals surface area contributed by atoms with Crippen LogP contribution in [0.5, 0.6) is 46.0 Å². The van der Waals surface area contributed by atoms with Crippen LogP contribution in [0.15, 0.2) is 84.9 Å². The van der Waals surface area contributed by atoms with E-state index in [9.17, 15) is 40.2 Å². The van der Waals surface area contributed by atoms with Crippen molar-refractivity contribution >= 4 is 24.1 Å². The first-order valence-electron chi connectivity index (χ1n) is 19.8. The van der Waals surface area contributed by atoms with Gasteiger partial charge in [0.1, 0.15) is 24.9 Å². The van der Waals surface area contributed by atoms with Crippen LogP contribution in [0, 0.1) is 11.8 Å². The molecule has 8 atom stereocenters. The highest BCUT2D eigenvalue weighted by molar-refractivity contribution is 5.88. The molecule has 2 aliphatic rings. The molecule has 0 aromatic heterocycles. The molecule has 63 heavy (non-hydrogen) atoms. The number of rotatable bonds is 17. The second-order valence-corrected chi connectivity index (χ2v) is 14.7. The highest BCUT2D eigenvalue weighted by Crippen LogP contribution is 2.43. The van der Waals surface area contributed by atoms with Gasteiger partial charge >= 0.3 is 11.9 Å². The molecule has 0 unspecified atom stereocenters. The zero-order chi connectivity index (χ0) is 45.2. The Kier molecular flexibility index (Phi) is 15.4. The first-order valence-corrected chi connectivity index (χ1v) is 19.8. The fourth-order valence-corrected chi connectivity index (χ4v) is 7.35. The van der Waals surface area contributed by atoms with Crippen molar-refractivity contribution in [2.45, 2.75) is 43.2 Å². The molecule has 336 valence electrons. The van der Waals surface area contributed by atoms with Gasteiger partial charge in [0, 0.05) is 24.7 Å². The molecule has 2 aliphatic heterocycles. The Morgan fingerprint density at radius 2 is 1.29 bits per heavy atom. The topological polar surface area (TPSA) is 239 Å². The van der Waals surface area contributed by atoms with E-state index in [1.165, 1.54) is 77.0 Å². The molecule has 2 heterocycles. The van der Waals surface area contributed by atoms with Crippen molar-refractivity contribution < 1.29 is 82.9 Å². The molecule has 4 aromatic carbocycles. The standard InChI is InChI=1S/C46H50O17/c1-55-35-18-25(5-11-31(35)48)8-15-40(51)59-24-39-45(63-41(52)16-9-26-6-12-32(49)36(19-26)56-2)42(53)43(54)46(62-39)61-34-14-7-27(20-38(34)58-4)17-29-23-60-44(30(29)22-47)28-10-13-33(50)37(21-28)57-3/h5-16,18-21,29-30,39,42-50,53-54H,17,22-24H2,1-4H3/t29-,30-,39+,42+,43+,44+,45+,46+/m0/s1. The van der Waals surface area contributed by atoms with Crippen molar-refractivity contribution in [3.05, 3.63) is 107 Å². The van der Waals surface area contributed by atoms with E-state index in [1.54, 1.807) is 36.4 Å². The number of carbonyl (C=O) groups is 2. The van der Waals surface area contributed by atoms with Gasteiger partial charge in [-0.05, 0) is 95.3 Å². The molecule has 0 amide bonds. The van der Waals surface area contributed by atoms with Gasteiger partial charge in [0.15, 0.2) is 52.1 Å². The fourth-order valence-electron chi connectivity index (χ4n) is 7.35. The molecule has 6 rings (SSSR count). The van der Waals surface area contributed by atoms with Crippen LogP contribution in [0.1, 0.15) is 28.4 Å². The fraction of sp³-hybridized carbons (Fsp3) is 0.348. The number of phenols is 3. The average molecular weight is 875 g/mol. The summed E-state index contributed by atoms with van der Waals surface area (Å²) >= 11 is 0. The van der Waals surface area contributed by atoms with Crippen LogP contribution in [0.3, 0.4) is 0 Å². The van der Waals surface area contributed by atoms with Crippen LogP contribution in [0.4, 0.5) is 0 Å². The van der Waals surface area contributed by atoms with E-state index in [-0.39, 0.29) is 58.7 Å². The number of methoxy groups -OCH3 is 4. The minimum absolute atomic E-state index is 0.0105. The number of benzene rings is 4. The number of phenolic OH excluding ortho intramolecular Hbond substituents is 3. The quantitative estimate of drug-likeness (QED) is 0.0647. The summed E-state index contributed by atoms with van der Waals surface area (Å²) in [6, 6.07) is 18.8. The number of hydrogen-bond donors (Lipinski definition) is 6. The van der Waals surface area contributed by atoms with Crippen molar-refractivity contribution in [1.29, 1.82) is 0 Å². The van der Waals surface area contributed by atoms with E-state index in [4.69, 9.17) is 42.6 Å². The third-order valence-electron chi connectivity index (χ3n) is 10.7. The van der Waals surface area contributed by atoms with Crippen molar-refractivity contribution in [1.82, 2.24) is 0 Å². The maximum absolute atomic E-state index is 13.1. The lowest BCUT2D eigenvalue weighted by molar-refractivity contribution is -0.281. The van der Waals surface area contributed by atoms with E-state index >= 15 is 0 Å². The minimum Gasteiger partial charge on any atom is -0.504 e. The minimum atomic E-state index is -1.80. The predicted molar refractivity (Wildman–Crippen MR) is 224 cm³/mol. The molecule has 17 heteroatoms. The largest absolute Gasteiger partial charge is 0.504 e. The van der Waals surface area contributed by atoms with Crippen molar-refractivity contribution in [3.8, 4) is 46.0 Å². The Balaban J connectivity index is 1.17. The van der Waals surface area contributed by atoms with Gasteiger partial charge in [-0.3, -0.25) is 0 Å². The Morgan fingerprint density at radius 3 is 1.89 bits per heavy atom. The molecular formula is C46H50O17. The summed E-state index contributed by atoms with van der Waals surface area (Å²) in [5, 5.41) is 62.9. The number of ether oxygens (including phenoxy) is 9. The Bertz CT molecular complexity index is 2270. The molecule has 17 nitrogen and oxygen atoms in total. The number of aliphatic hydroxyl groups excluding tert-OH is 3. The molecule has 0 aliphatic carbocycles. The third-order valence-corrected chi connectivity index (χ3v) is 10.7. The summed E-state index contributed by atoms with van der Waals surface area (Å²) < 4.78 is 50.4. The Hall–Kier alpha value is -6.50. The van der Waals surface area contributed by atoms with E-state index in [0.29, 0.717) is 29.9 Å². The van der Waals surface area contributed by atoms with Crippen molar-refractivity contribution in [3.63, 3.8) is 0 Å². The summed E-state index contributed by atoms with van der Waals surface area (Å²) in [5.74, 6) is -1.34. The van der Waals surface area contributed by atoms with E-state index in [1.807, 2.05) is 0 Å². The van der Waals surface area contributed by atoms with E-state index in [0.717, 1.165) is 23.3 Å². The van der Waals surface area contributed by atoms with Gasteiger partial charge < -0.3 is 73.3 Å². The highest BCUT2D eigenvalue weighted by Gasteiger charge is 2.48. The van der Waals surface area contributed by atoms with Gasteiger partial charge in [-0.1, -0.05) is 24.3 Å². The zero-order valence-electron chi connectivity index (χ0n) is 34.9. The van der Waals surface area contributed by atoms with Gasteiger partial charge in [0.25, 0.3) is 0 Å². The Morgan fingerprint density at radius 1 is 0.698 bits per heavy atom. The maximum Gasteiger partial charge on any atom is 0.331 e. The molecule has 6 N–H and O–H groups in total. The van der Waals surface area contributed by atoms with Crippen molar-refractivity contribution in [2.75, 3.05) is 48.3 Å². The number of aliphatic hydroxyl groups is 3. The molecule has 2 saturated heterocycles. The molecule has 2 fully saturated rings. The molecule has 0 radical (unpaired) electrons. The molecule has 0 spiro atoms. The number of carbonyl (C=O) groups excluding carboxylic acids is 2. The lowest BCUT2D eigenvalue weighted by Gasteiger charge is -2.41. The second kappa shape index (κ2) is 21.0. The predicted octanol–water partition coefficient (Wildman–Crippen LogP) is 4.08. The highest BCUT2D eigenvalue weighted by atomic mass is 16.7. The summed E-state index contributed by atoms with van der Waals surface area (Å²) in [6.07, 6.45) is -3.08. The molecule has 4 aromatic rings. The number of aromatic hydroxyl groups is 3. The van der Waals surface area contributed by atoms with Crippen LogP contribution in [0.25, 0.3) is 12.2 Å². The summed E-state index contributed by atoms with van der Waals surface area (Å²) in [4.78, 5) is 26.0. The summed E-state index contributed by atoms with van der Waals surface area (Å²) in [5.41, 5.74) is 2.55. The lowest BCUT2D eigenvalue weighted by Crippen LogP contribution is -2.61. The van der Waals surface area contributed by atoms with Crippen LogP contribution < -0.4 is 23.7 Å². The third kappa shape index (κ3) is 11.1. The summed E-state index contributed by atoms with van der Waals surface area (Å²) in [6.45, 7) is -0.372. The van der Waals surface area contributed by atoms with Crippen LogP contribution in [-0.2, 0) is 35.0 Å². The maximum atomic E-state index is 13.1. The van der Waals surface area contributed by atoms with Gasteiger partial charge in [-0.25, -0.2) is 9.59 Å². The normalized spacial score (nSPS) is 23.3. The monoisotopic (exact) mass is 874 g/mol. The molecular weight excluding hydrogens is 824 g/mol. The number of esters is 2. The van der Waals surface area contributed by atoms with E-state index < -0.39 is 55.4 Å². The van der Waals surface area contributed by atoms with Crippen LogP contribution >= 0.6 is 0 Å². The van der Waals surface area contributed by atoms with Crippen LogP contribution in [-0.4, -0.2) is 122 Å². The van der Waals surface area contributed by atoms with Crippen LogP contribution in [0.2, 0.25) is 0 Å².